The van der Waals surface area contributed by atoms with Gasteiger partial charge in [-0.05, 0) is 30.0 Å². The first kappa shape index (κ1) is 15.9. The zero-order chi connectivity index (χ0) is 14.9. The second-order valence-electron chi connectivity index (χ2n) is 6.64. The van der Waals surface area contributed by atoms with Gasteiger partial charge in [-0.1, -0.05) is 50.9 Å². The molecule has 4 heteroatoms. The number of rotatable bonds is 2. The molecule has 1 aliphatic heterocycles. The standard InChI is InChI=1S/C16H24Cl2N2/c1-5-12-9-19-15(16(2,3)4)10-20(12)14-7-6-11(17)8-13(14)18/h6-8,12,15,19H,5,9-10H2,1-4H3. The van der Waals surface area contributed by atoms with Gasteiger partial charge >= 0.3 is 0 Å². The predicted octanol–water partition coefficient (Wildman–Crippen LogP) is 4.60. The number of anilines is 1. The van der Waals surface area contributed by atoms with Crippen LogP contribution in [0, 0.1) is 5.41 Å². The van der Waals surface area contributed by atoms with Crippen molar-refractivity contribution in [3.8, 4) is 0 Å². The van der Waals surface area contributed by atoms with Crippen molar-refractivity contribution in [3.63, 3.8) is 0 Å². The van der Waals surface area contributed by atoms with E-state index in [1.54, 1.807) is 0 Å². The quantitative estimate of drug-likeness (QED) is 0.858. The minimum atomic E-state index is 0.232. The maximum atomic E-state index is 6.40. The molecular weight excluding hydrogens is 291 g/mol. The molecule has 1 aromatic rings. The molecule has 0 aromatic heterocycles. The lowest BCUT2D eigenvalue weighted by atomic mass is 9.84. The molecule has 1 aliphatic rings. The molecule has 1 saturated heterocycles. The summed E-state index contributed by atoms with van der Waals surface area (Å²) in [4.78, 5) is 2.44. The average Bonchev–Trinajstić information content (AvgIpc) is 2.37. The first-order valence-corrected chi connectivity index (χ1v) is 8.03. The van der Waals surface area contributed by atoms with E-state index in [4.69, 9.17) is 23.2 Å². The summed E-state index contributed by atoms with van der Waals surface area (Å²) in [5, 5.41) is 5.11. The Morgan fingerprint density at radius 2 is 2.00 bits per heavy atom. The SMILES string of the molecule is CCC1CNC(C(C)(C)C)CN1c1ccc(Cl)cc1Cl. The molecule has 112 valence electrons. The molecule has 2 rings (SSSR count). The van der Waals surface area contributed by atoms with Gasteiger partial charge in [0, 0.05) is 30.2 Å². The van der Waals surface area contributed by atoms with E-state index >= 15 is 0 Å². The Hall–Kier alpha value is -0.440. The van der Waals surface area contributed by atoms with Crippen molar-refractivity contribution in [2.75, 3.05) is 18.0 Å². The minimum Gasteiger partial charge on any atom is -0.364 e. The second kappa shape index (κ2) is 6.13. The molecule has 2 nitrogen and oxygen atoms in total. The van der Waals surface area contributed by atoms with Gasteiger partial charge in [0.1, 0.15) is 0 Å². The lowest BCUT2D eigenvalue weighted by molar-refractivity contribution is 0.234. The predicted molar refractivity (Wildman–Crippen MR) is 89.1 cm³/mol. The fourth-order valence-corrected chi connectivity index (χ4v) is 3.27. The number of benzene rings is 1. The molecule has 1 fully saturated rings. The molecule has 1 N–H and O–H groups in total. The molecule has 20 heavy (non-hydrogen) atoms. The van der Waals surface area contributed by atoms with Crippen molar-refractivity contribution >= 4 is 28.9 Å². The number of nitrogens with one attached hydrogen (secondary N) is 1. The topological polar surface area (TPSA) is 15.3 Å². The molecule has 0 amide bonds. The van der Waals surface area contributed by atoms with E-state index in [0.29, 0.717) is 17.1 Å². The third-order valence-corrected chi connectivity index (χ3v) is 4.69. The van der Waals surface area contributed by atoms with Crippen LogP contribution in [0.4, 0.5) is 5.69 Å². The normalized spacial score (nSPS) is 24.0. The van der Waals surface area contributed by atoms with Crippen LogP contribution in [0.5, 0.6) is 0 Å². The zero-order valence-electron chi connectivity index (χ0n) is 12.7. The highest BCUT2D eigenvalue weighted by atomic mass is 35.5. The van der Waals surface area contributed by atoms with Crippen molar-refractivity contribution in [2.45, 2.75) is 46.2 Å². The fourth-order valence-electron chi connectivity index (χ4n) is 2.75. The number of hydrogen-bond donors (Lipinski definition) is 1. The van der Waals surface area contributed by atoms with Crippen LogP contribution >= 0.6 is 23.2 Å². The number of piperazine rings is 1. The number of hydrogen-bond acceptors (Lipinski definition) is 2. The highest BCUT2D eigenvalue weighted by Crippen LogP contribution is 2.34. The van der Waals surface area contributed by atoms with Crippen LogP contribution in [0.15, 0.2) is 18.2 Å². The van der Waals surface area contributed by atoms with Gasteiger partial charge in [0.25, 0.3) is 0 Å². The van der Waals surface area contributed by atoms with Gasteiger partial charge in [0.05, 0.1) is 10.7 Å². The highest BCUT2D eigenvalue weighted by Gasteiger charge is 2.34. The van der Waals surface area contributed by atoms with Crippen LogP contribution in [0.2, 0.25) is 10.0 Å². The van der Waals surface area contributed by atoms with Crippen LogP contribution in [-0.2, 0) is 0 Å². The van der Waals surface area contributed by atoms with E-state index in [1.165, 1.54) is 0 Å². The Kier molecular flexibility index (Phi) is 4.88. The van der Waals surface area contributed by atoms with Crippen molar-refractivity contribution in [1.82, 2.24) is 5.32 Å². The second-order valence-corrected chi connectivity index (χ2v) is 7.48. The Morgan fingerprint density at radius 3 is 2.55 bits per heavy atom. The molecule has 0 radical (unpaired) electrons. The Balaban J connectivity index is 2.29. The van der Waals surface area contributed by atoms with Crippen molar-refractivity contribution in [3.05, 3.63) is 28.2 Å². The van der Waals surface area contributed by atoms with Crippen molar-refractivity contribution in [1.29, 1.82) is 0 Å². The summed E-state index contributed by atoms with van der Waals surface area (Å²) in [5.41, 5.74) is 1.33. The average molecular weight is 315 g/mol. The maximum Gasteiger partial charge on any atom is 0.0654 e. The molecule has 1 aromatic carbocycles. The van der Waals surface area contributed by atoms with Gasteiger partial charge in [0.2, 0.25) is 0 Å². The first-order chi connectivity index (χ1) is 9.32. The van der Waals surface area contributed by atoms with Gasteiger partial charge in [-0.2, -0.15) is 0 Å². The van der Waals surface area contributed by atoms with E-state index in [2.05, 4.69) is 37.9 Å². The van der Waals surface area contributed by atoms with Gasteiger partial charge in [-0.15, -0.1) is 0 Å². The van der Waals surface area contributed by atoms with E-state index < -0.39 is 0 Å². The lowest BCUT2D eigenvalue weighted by Crippen LogP contribution is -2.60. The Morgan fingerprint density at radius 1 is 1.30 bits per heavy atom. The summed E-state index contributed by atoms with van der Waals surface area (Å²) in [6.07, 6.45) is 1.10. The summed E-state index contributed by atoms with van der Waals surface area (Å²) >= 11 is 12.4. The van der Waals surface area contributed by atoms with Gasteiger partial charge in [-0.3, -0.25) is 0 Å². The largest absolute Gasteiger partial charge is 0.364 e. The van der Waals surface area contributed by atoms with E-state index in [1.807, 2.05) is 18.2 Å². The zero-order valence-corrected chi connectivity index (χ0v) is 14.2. The number of nitrogens with zero attached hydrogens (tertiary/aromatic N) is 1. The van der Waals surface area contributed by atoms with Gasteiger partial charge in [-0.25, -0.2) is 0 Å². The summed E-state index contributed by atoms with van der Waals surface area (Å²) in [5.74, 6) is 0. The summed E-state index contributed by atoms with van der Waals surface area (Å²) in [7, 11) is 0. The fraction of sp³-hybridized carbons (Fsp3) is 0.625. The maximum absolute atomic E-state index is 6.40. The molecule has 1 heterocycles. The minimum absolute atomic E-state index is 0.232. The van der Waals surface area contributed by atoms with Crippen LogP contribution < -0.4 is 10.2 Å². The summed E-state index contributed by atoms with van der Waals surface area (Å²) < 4.78 is 0. The van der Waals surface area contributed by atoms with Crippen LogP contribution in [0.25, 0.3) is 0 Å². The van der Waals surface area contributed by atoms with Gasteiger partial charge in [0.15, 0.2) is 0 Å². The summed E-state index contributed by atoms with van der Waals surface area (Å²) in [6.45, 7) is 11.0. The van der Waals surface area contributed by atoms with E-state index in [-0.39, 0.29) is 5.41 Å². The van der Waals surface area contributed by atoms with E-state index in [9.17, 15) is 0 Å². The van der Waals surface area contributed by atoms with Crippen LogP contribution in [0.1, 0.15) is 34.1 Å². The molecule has 0 spiro atoms. The lowest BCUT2D eigenvalue weighted by Gasteiger charge is -2.46. The van der Waals surface area contributed by atoms with Crippen LogP contribution in [-0.4, -0.2) is 25.2 Å². The number of halogens is 2. The smallest absolute Gasteiger partial charge is 0.0654 e. The third-order valence-electron chi connectivity index (χ3n) is 4.16. The van der Waals surface area contributed by atoms with Crippen molar-refractivity contribution < 1.29 is 0 Å². The molecular formula is C16H24Cl2N2. The van der Waals surface area contributed by atoms with Crippen LogP contribution in [0.3, 0.4) is 0 Å². The van der Waals surface area contributed by atoms with Gasteiger partial charge < -0.3 is 10.2 Å². The first-order valence-electron chi connectivity index (χ1n) is 7.28. The molecule has 2 atom stereocenters. The molecule has 2 unspecified atom stereocenters. The molecule has 0 saturated carbocycles. The Labute approximate surface area is 132 Å². The molecule has 0 bridgehead atoms. The molecule has 0 aliphatic carbocycles. The summed E-state index contributed by atoms with van der Waals surface area (Å²) in [6, 6.07) is 6.73. The highest BCUT2D eigenvalue weighted by molar-refractivity contribution is 6.36. The monoisotopic (exact) mass is 314 g/mol. The van der Waals surface area contributed by atoms with E-state index in [0.717, 1.165) is 30.2 Å². The van der Waals surface area contributed by atoms with Crippen molar-refractivity contribution in [2.24, 2.45) is 5.41 Å². The third kappa shape index (κ3) is 3.41. The Bertz CT molecular complexity index is 468.